The minimum absolute atomic E-state index is 0.0315. The van der Waals surface area contributed by atoms with E-state index in [1.807, 2.05) is 0 Å². The van der Waals surface area contributed by atoms with E-state index in [4.69, 9.17) is 9.47 Å². The lowest BCUT2D eigenvalue weighted by Gasteiger charge is -2.39. The van der Waals surface area contributed by atoms with Crippen molar-refractivity contribution < 1.29 is 41.8 Å². The first kappa shape index (κ1) is 25.5. The number of rotatable bonds is 6. The number of halogens is 3. The number of ether oxygens (including phenoxy) is 3. The van der Waals surface area contributed by atoms with Gasteiger partial charge in [0.2, 0.25) is 0 Å². The second-order valence-corrected chi connectivity index (χ2v) is 7.48. The van der Waals surface area contributed by atoms with Gasteiger partial charge in [-0.05, 0) is 29.3 Å². The number of alkyl halides is 3. The summed E-state index contributed by atoms with van der Waals surface area (Å²) >= 11 is 0. The normalized spacial score (nSPS) is 19.9. The standard InChI is InChI=1S/C25H22F3NO6/c1-33-20(30)13-14-29-21(16-9-11-18(12-10-16)25(26,27)28)19(22(31)34-2)15-24(29,23(32)35-3)17-7-5-4-6-8-17/h4-15,21H,1-3H3/b14-13+/t21-,24+/m0/s1. The van der Waals surface area contributed by atoms with E-state index >= 15 is 0 Å². The molecule has 2 aromatic carbocycles. The smallest absolute Gasteiger partial charge is 0.416 e. The first-order valence-corrected chi connectivity index (χ1v) is 10.3. The van der Waals surface area contributed by atoms with E-state index in [0.717, 1.165) is 39.5 Å². The maximum atomic E-state index is 13.3. The molecule has 184 valence electrons. The van der Waals surface area contributed by atoms with E-state index in [2.05, 4.69) is 4.74 Å². The Morgan fingerprint density at radius 2 is 1.54 bits per heavy atom. The van der Waals surface area contributed by atoms with Gasteiger partial charge in [-0.25, -0.2) is 14.4 Å². The zero-order valence-electron chi connectivity index (χ0n) is 19.0. The van der Waals surface area contributed by atoms with E-state index in [-0.39, 0.29) is 11.1 Å². The molecule has 1 heterocycles. The summed E-state index contributed by atoms with van der Waals surface area (Å²) in [6.45, 7) is 0. The third kappa shape index (κ3) is 4.77. The lowest BCUT2D eigenvalue weighted by Crippen LogP contribution is -2.47. The quantitative estimate of drug-likeness (QED) is 0.346. The van der Waals surface area contributed by atoms with Gasteiger partial charge in [0.05, 0.1) is 38.5 Å². The Morgan fingerprint density at radius 3 is 2.06 bits per heavy atom. The lowest BCUT2D eigenvalue weighted by atomic mass is 9.89. The zero-order valence-corrected chi connectivity index (χ0v) is 19.0. The predicted octanol–water partition coefficient (Wildman–Crippen LogP) is 3.92. The summed E-state index contributed by atoms with van der Waals surface area (Å²) in [5, 5.41) is 0. The van der Waals surface area contributed by atoms with Crippen LogP contribution in [-0.4, -0.2) is 44.1 Å². The Morgan fingerprint density at radius 1 is 0.914 bits per heavy atom. The molecule has 1 aliphatic heterocycles. The monoisotopic (exact) mass is 489 g/mol. The van der Waals surface area contributed by atoms with Crippen LogP contribution in [0.5, 0.6) is 0 Å². The Bertz CT molecular complexity index is 1160. The average Bonchev–Trinajstić information content (AvgIpc) is 3.22. The molecule has 0 N–H and O–H groups in total. The third-order valence-corrected chi connectivity index (χ3v) is 5.60. The fraction of sp³-hybridized carbons (Fsp3) is 0.240. The summed E-state index contributed by atoms with van der Waals surface area (Å²) < 4.78 is 54.1. The van der Waals surface area contributed by atoms with E-state index in [1.54, 1.807) is 30.3 Å². The Hall–Kier alpha value is -4.08. The predicted molar refractivity (Wildman–Crippen MR) is 117 cm³/mol. The summed E-state index contributed by atoms with van der Waals surface area (Å²) in [7, 11) is 3.46. The number of hydrogen-bond donors (Lipinski definition) is 0. The van der Waals surface area contributed by atoms with Crippen LogP contribution in [0.4, 0.5) is 13.2 Å². The van der Waals surface area contributed by atoms with E-state index in [1.165, 1.54) is 29.3 Å². The van der Waals surface area contributed by atoms with Gasteiger partial charge in [-0.3, -0.25) is 0 Å². The van der Waals surface area contributed by atoms with Crippen LogP contribution < -0.4 is 0 Å². The molecule has 7 nitrogen and oxygen atoms in total. The number of carbonyl (C=O) groups is 3. The molecule has 0 spiro atoms. The van der Waals surface area contributed by atoms with Crippen LogP contribution in [0.3, 0.4) is 0 Å². The van der Waals surface area contributed by atoms with Crippen molar-refractivity contribution in [3.8, 4) is 0 Å². The molecule has 10 heteroatoms. The molecule has 2 atom stereocenters. The number of esters is 3. The second kappa shape index (κ2) is 10.0. The SMILES string of the molecule is COC(=O)/C=C/N1[C@@H](c2ccc(C(F)(F)F)cc2)C(C(=O)OC)=C[C@]1(C(=O)OC)c1ccccc1. The van der Waals surface area contributed by atoms with Crippen molar-refractivity contribution in [3.05, 3.63) is 95.2 Å². The number of nitrogens with zero attached hydrogens (tertiary/aromatic N) is 1. The van der Waals surface area contributed by atoms with Crippen molar-refractivity contribution in [2.24, 2.45) is 0 Å². The Labute approximate surface area is 199 Å². The molecule has 0 bridgehead atoms. The van der Waals surface area contributed by atoms with Gasteiger partial charge in [0, 0.05) is 12.3 Å². The largest absolute Gasteiger partial charge is 0.467 e. The van der Waals surface area contributed by atoms with Crippen LogP contribution in [0.25, 0.3) is 0 Å². The summed E-state index contributed by atoms with van der Waals surface area (Å²) in [6.07, 6.45) is -0.959. The minimum Gasteiger partial charge on any atom is -0.467 e. The molecule has 0 aromatic heterocycles. The molecule has 0 fully saturated rings. The minimum atomic E-state index is -4.57. The highest BCUT2D eigenvalue weighted by atomic mass is 19.4. The molecular weight excluding hydrogens is 467 g/mol. The highest BCUT2D eigenvalue weighted by Gasteiger charge is 2.54. The Balaban J connectivity index is 2.31. The highest BCUT2D eigenvalue weighted by Crippen LogP contribution is 2.49. The van der Waals surface area contributed by atoms with Crippen molar-refractivity contribution in [3.63, 3.8) is 0 Å². The summed E-state index contributed by atoms with van der Waals surface area (Å²) in [5.41, 5.74) is -2.04. The molecule has 0 radical (unpaired) electrons. The first-order chi connectivity index (χ1) is 16.6. The van der Waals surface area contributed by atoms with Crippen molar-refractivity contribution in [2.45, 2.75) is 17.8 Å². The first-order valence-electron chi connectivity index (χ1n) is 10.3. The van der Waals surface area contributed by atoms with Gasteiger partial charge in [-0.2, -0.15) is 13.2 Å². The Kier molecular flexibility index (Phi) is 7.33. The molecule has 3 rings (SSSR count). The topological polar surface area (TPSA) is 82.1 Å². The molecule has 0 saturated heterocycles. The van der Waals surface area contributed by atoms with Gasteiger partial charge in [-0.1, -0.05) is 42.5 Å². The molecule has 0 unspecified atom stereocenters. The molecule has 1 aliphatic rings. The number of hydrogen-bond acceptors (Lipinski definition) is 7. The van der Waals surface area contributed by atoms with Crippen molar-refractivity contribution in [1.82, 2.24) is 4.90 Å². The fourth-order valence-electron chi connectivity index (χ4n) is 3.99. The van der Waals surface area contributed by atoms with Gasteiger partial charge in [-0.15, -0.1) is 0 Å². The van der Waals surface area contributed by atoms with E-state index in [0.29, 0.717) is 5.56 Å². The summed E-state index contributed by atoms with van der Waals surface area (Å²) in [4.78, 5) is 39.5. The van der Waals surface area contributed by atoms with Gasteiger partial charge < -0.3 is 19.1 Å². The molecule has 35 heavy (non-hydrogen) atoms. The number of methoxy groups -OCH3 is 3. The molecular formula is C25H22F3NO6. The van der Waals surface area contributed by atoms with Crippen molar-refractivity contribution in [2.75, 3.05) is 21.3 Å². The van der Waals surface area contributed by atoms with Gasteiger partial charge in [0.25, 0.3) is 0 Å². The van der Waals surface area contributed by atoms with Crippen LogP contribution in [0.2, 0.25) is 0 Å². The lowest BCUT2D eigenvalue weighted by molar-refractivity contribution is -0.151. The molecule has 0 amide bonds. The van der Waals surface area contributed by atoms with Crippen LogP contribution in [0.1, 0.15) is 22.7 Å². The summed E-state index contributed by atoms with van der Waals surface area (Å²) in [5.74, 6) is -2.36. The summed E-state index contributed by atoms with van der Waals surface area (Å²) in [6, 6.07) is 11.3. The second-order valence-electron chi connectivity index (χ2n) is 7.48. The van der Waals surface area contributed by atoms with Gasteiger partial charge >= 0.3 is 24.1 Å². The van der Waals surface area contributed by atoms with Gasteiger partial charge in [0.1, 0.15) is 0 Å². The van der Waals surface area contributed by atoms with Crippen molar-refractivity contribution in [1.29, 1.82) is 0 Å². The highest BCUT2D eigenvalue weighted by molar-refractivity contribution is 5.96. The van der Waals surface area contributed by atoms with Crippen molar-refractivity contribution >= 4 is 17.9 Å². The van der Waals surface area contributed by atoms with Crippen LogP contribution in [0.15, 0.2) is 78.5 Å². The maximum absolute atomic E-state index is 13.3. The van der Waals surface area contributed by atoms with Crippen LogP contribution >= 0.6 is 0 Å². The van der Waals surface area contributed by atoms with Crippen LogP contribution in [0, 0.1) is 0 Å². The van der Waals surface area contributed by atoms with Crippen LogP contribution in [-0.2, 0) is 40.3 Å². The third-order valence-electron chi connectivity index (χ3n) is 5.60. The number of benzene rings is 2. The van der Waals surface area contributed by atoms with E-state index < -0.39 is 41.2 Å². The van der Waals surface area contributed by atoms with E-state index in [9.17, 15) is 27.6 Å². The zero-order chi connectivity index (χ0) is 25.8. The maximum Gasteiger partial charge on any atom is 0.416 e. The fourth-order valence-corrected chi connectivity index (χ4v) is 3.99. The average molecular weight is 489 g/mol. The molecule has 0 saturated carbocycles. The number of carbonyl (C=O) groups excluding carboxylic acids is 3. The van der Waals surface area contributed by atoms with Gasteiger partial charge in [0.15, 0.2) is 5.54 Å². The molecule has 2 aromatic rings. The molecule has 0 aliphatic carbocycles.